The Balaban J connectivity index is 1.85. The molecule has 3 rings (SSSR count). The highest BCUT2D eigenvalue weighted by Gasteiger charge is 2.15. The van der Waals surface area contributed by atoms with E-state index in [1.165, 1.54) is 12.1 Å². The van der Waals surface area contributed by atoms with E-state index in [4.69, 9.17) is 11.6 Å². The zero-order chi connectivity index (χ0) is 16.3. The molecule has 0 aromatic heterocycles. The van der Waals surface area contributed by atoms with Crippen LogP contribution in [0.5, 0.6) is 0 Å². The van der Waals surface area contributed by atoms with Crippen LogP contribution < -0.4 is 10.0 Å². The number of rotatable bonds is 4. The Bertz CT molecular complexity index is 833. The fourth-order valence-corrected chi connectivity index (χ4v) is 3.46. The summed E-state index contributed by atoms with van der Waals surface area (Å²) < 4.78 is 27.4. The molecule has 2 aromatic carbocycles. The van der Waals surface area contributed by atoms with Gasteiger partial charge in [-0.3, -0.25) is 9.71 Å². The van der Waals surface area contributed by atoms with Crippen molar-refractivity contribution in [3.05, 3.63) is 59.1 Å². The van der Waals surface area contributed by atoms with E-state index in [1.807, 2.05) is 6.07 Å². The lowest BCUT2D eigenvalue weighted by Crippen LogP contribution is -2.30. The Kier molecular flexibility index (Phi) is 4.54. The maximum Gasteiger partial charge on any atom is 0.261 e. The first kappa shape index (κ1) is 15.8. The number of nitrogens with zero attached hydrogens (tertiary/aromatic N) is 1. The number of aliphatic imine (C=N–C) groups is 1. The van der Waals surface area contributed by atoms with Gasteiger partial charge < -0.3 is 5.32 Å². The number of anilines is 1. The summed E-state index contributed by atoms with van der Waals surface area (Å²) in [6, 6.07) is 13.2. The van der Waals surface area contributed by atoms with Crippen molar-refractivity contribution >= 4 is 33.1 Å². The SMILES string of the molecule is O=S(=O)(Nc1cccc(C2=NCCCN2)c1)c1ccc(Cl)cc1. The molecule has 0 bridgehead atoms. The first-order valence-electron chi connectivity index (χ1n) is 7.22. The van der Waals surface area contributed by atoms with E-state index in [2.05, 4.69) is 15.0 Å². The summed E-state index contributed by atoms with van der Waals surface area (Å²) >= 11 is 5.79. The van der Waals surface area contributed by atoms with Crippen LogP contribution in [0.2, 0.25) is 5.02 Å². The zero-order valence-corrected chi connectivity index (χ0v) is 13.9. The minimum Gasteiger partial charge on any atom is -0.370 e. The summed E-state index contributed by atoms with van der Waals surface area (Å²) in [4.78, 5) is 4.59. The van der Waals surface area contributed by atoms with Crippen LogP contribution >= 0.6 is 11.6 Å². The molecule has 0 saturated carbocycles. The van der Waals surface area contributed by atoms with Crippen LogP contribution in [0, 0.1) is 0 Å². The molecule has 7 heteroatoms. The van der Waals surface area contributed by atoms with Gasteiger partial charge in [0.15, 0.2) is 0 Å². The summed E-state index contributed by atoms with van der Waals surface area (Å²) in [5, 5.41) is 3.71. The predicted octanol–water partition coefficient (Wildman–Crippen LogP) is 2.88. The summed E-state index contributed by atoms with van der Waals surface area (Å²) in [7, 11) is -3.65. The van der Waals surface area contributed by atoms with Crippen LogP contribution in [0.1, 0.15) is 12.0 Å². The molecule has 0 unspecified atom stereocenters. The number of nitrogens with one attached hydrogen (secondary N) is 2. The van der Waals surface area contributed by atoms with Crippen molar-refractivity contribution < 1.29 is 8.42 Å². The number of amidine groups is 1. The van der Waals surface area contributed by atoms with Gasteiger partial charge >= 0.3 is 0 Å². The summed E-state index contributed by atoms with van der Waals surface area (Å²) in [5.74, 6) is 0.795. The fourth-order valence-electron chi connectivity index (χ4n) is 2.28. The smallest absolute Gasteiger partial charge is 0.261 e. The van der Waals surface area contributed by atoms with Crippen molar-refractivity contribution in [1.82, 2.24) is 5.32 Å². The molecule has 0 fully saturated rings. The number of halogens is 1. The Labute approximate surface area is 140 Å². The molecule has 2 aromatic rings. The maximum atomic E-state index is 12.4. The summed E-state index contributed by atoms with van der Waals surface area (Å²) in [6.07, 6.45) is 1.01. The predicted molar refractivity (Wildman–Crippen MR) is 92.7 cm³/mol. The Morgan fingerprint density at radius 2 is 1.91 bits per heavy atom. The van der Waals surface area contributed by atoms with Crippen LogP contribution in [0.15, 0.2) is 58.4 Å². The normalized spacial score (nSPS) is 14.7. The van der Waals surface area contributed by atoms with E-state index >= 15 is 0 Å². The Morgan fingerprint density at radius 3 is 2.61 bits per heavy atom. The second-order valence-electron chi connectivity index (χ2n) is 5.15. The molecule has 2 N–H and O–H groups in total. The van der Waals surface area contributed by atoms with Crippen molar-refractivity contribution in [3.8, 4) is 0 Å². The van der Waals surface area contributed by atoms with E-state index in [0.717, 1.165) is 30.9 Å². The van der Waals surface area contributed by atoms with Gasteiger partial charge in [-0.25, -0.2) is 8.42 Å². The van der Waals surface area contributed by atoms with Crippen LogP contribution in [0.3, 0.4) is 0 Å². The highest BCUT2D eigenvalue weighted by molar-refractivity contribution is 7.92. The molecule has 0 radical (unpaired) electrons. The third kappa shape index (κ3) is 3.83. The summed E-state index contributed by atoms with van der Waals surface area (Å²) in [5.41, 5.74) is 1.36. The van der Waals surface area contributed by atoms with Gasteiger partial charge in [-0.2, -0.15) is 0 Å². The molecule has 120 valence electrons. The van der Waals surface area contributed by atoms with E-state index < -0.39 is 10.0 Å². The number of sulfonamides is 1. The zero-order valence-electron chi connectivity index (χ0n) is 12.3. The average Bonchev–Trinajstić information content (AvgIpc) is 2.56. The Hall–Kier alpha value is -2.05. The molecular formula is C16H16ClN3O2S. The highest BCUT2D eigenvalue weighted by atomic mass is 35.5. The molecule has 0 spiro atoms. The van der Waals surface area contributed by atoms with Crippen molar-refractivity contribution in [2.24, 2.45) is 4.99 Å². The molecule has 1 aliphatic heterocycles. The molecule has 0 amide bonds. The second kappa shape index (κ2) is 6.60. The highest BCUT2D eigenvalue weighted by Crippen LogP contribution is 2.19. The topological polar surface area (TPSA) is 70.6 Å². The lowest BCUT2D eigenvalue weighted by atomic mass is 10.1. The number of benzene rings is 2. The molecule has 23 heavy (non-hydrogen) atoms. The van der Waals surface area contributed by atoms with Gasteiger partial charge in [0.25, 0.3) is 10.0 Å². The fraction of sp³-hybridized carbons (Fsp3) is 0.188. The molecule has 0 saturated heterocycles. The van der Waals surface area contributed by atoms with Gasteiger partial charge in [0.1, 0.15) is 5.84 Å². The van der Waals surface area contributed by atoms with Crippen LogP contribution in [-0.2, 0) is 10.0 Å². The lowest BCUT2D eigenvalue weighted by molar-refractivity contribution is 0.601. The third-order valence-electron chi connectivity index (χ3n) is 3.41. The molecule has 1 aliphatic rings. The molecule has 0 atom stereocenters. The first-order valence-corrected chi connectivity index (χ1v) is 9.08. The Morgan fingerprint density at radius 1 is 1.13 bits per heavy atom. The number of hydrogen-bond donors (Lipinski definition) is 2. The van der Waals surface area contributed by atoms with Crippen molar-refractivity contribution in [2.75, 3.05) is 17.8 Å². The van der Waals surface area contributed by atoms with Gasteiger partial charge in [0.05, 0.1) is 4.90 Å². The largest absolute Gasteiger partial charge is 0.370 e. The minimum atomic E-state index is -3.65. The van der Waals surface area contributed by atoms with Crippen molar-refractivity contribution in [1.29, 1.82) is 0 Å². The molecule has 0 aliphatic carbocycles. The quantitative estimate of drug-likeness (QED) is 0.891. The van der Waals surface area contributed by atoms with Crippen molar-refractivity contribution in [3.63, 3.8) is 0 Å². The van der Waals surface area contributed by atoms with Gasteiger partial charge in [-0.1, -0.05) is 23.7 Å². The monoisotopic (exact) mass is 349 g/mol. The van der Waals surface area contributed by atoms with E-state index in [0.29, 0.717) is 10.7 Å². The lowest BCUT2D eigenvalue weighted by Gasteiger charge is -2.15. The molecule has 1 heterocycles. The van der Waals surface area contributed by atoms with Gasteiger partial charge in [0, 0.05) is 29.4 Å². The van der Waals surface area contributed by atoms with E-state index in [1.54, 1.807) is 30.3 Å². The van der Waals surface area contributed by atoms with Gasteiger partial charge in [0.2, 0.25) is 0 Å². The van der Waals surface area contributed by atoms with Crippen LogP contribution in [0.25, 0.3) is 0 Å². The number of hydrogen-bond acceptors (Lipinski definition) is 4. The van der Waals surface area contributed by atoms with Gasteiger partial charge in [-0.05, 0) is 42.8 Å². The average molecular weight is 350 g/mol. The third-order valence-corrected chi connectivity index (χ3v) is 5.06. The summed E-state index contributed by atoms with van der Waals surface area (Å²) in [6.45, 7) is 1.66. The molecular weight excluding hydrogens is 334 g/mol. The first-order chi connectivity index (χ1) is 11.0. The second-order valence-corrected chi connectivity index (χ2v) is 7.27. The maximum absolute atomic E-state index is 12.4. The van der Waals surface area contributed by atoms with E-state index in [-0.39, 0.29) is 4.90 Å². The van der Waals surface area contributed by atoms with Crippen LogP contribution in [0.4, 0.5) is 5.69 Å². The van der Waals surface area contributed by atoms with E-state index in [9.17, 15) is 8.42 Å². The van der Waals surface area contributed by atoms with Gasteiger partial charge in [-0.15, -0.1) is 0 Å². The minimum absolute atomic E-state index is 0.167. The molecule has 5 nitrogen and oxygen atoms in total. The van der Waals surface area contributed by atoms with Crippen LogP contribution in [-0.4, -0.2) is 27.3 Å². The van der Waals surface area contributed by atoms with Crippen molar-refractivity contribution in [2.45, 2.75) is 11.3 Å². The standard InChI is InChI=1S/C16H16ClN3O2S/c17-13-5-7-15(8-6-13)23(21,22)20-14-4-1-3-12(11-14)16-18-9-2-10-19-16/h1,3-8,11,20H,2,9-10H2,(H,18,19).